The van der Waals surface area contributed by atoms with Gasteiger partial charge in [0, 0.05) is 0 Å². The Morgan fingerprint density at radius 1 is 1.39 bits per heavy atom. The molecule has 0 bridgehead atoms. The Morgan fingerprint density at radius 2 is 1.83 bits per heavy atom. The molecule has 0 heterocycles. The SMILES string of the molecule is C=CC[C@H](C)[C@@H](C)S(N)(=O)=N[Si](C)(C)C(C)(C)C. The zero-order valence-corrected chi connectivity index (χ0v) is 14.8. The fourth-order valence-corrected chi connectivity index (χ4v) is 6.76. The number of allylic oxidation sites excluding steroid dienone is 1. The molecule has 0 spiro atoms. The van der Waals surface area contributed by atoms with Crippen LogP contribution in [0.1, 0.15) is 41.0 Å². The van der Waals surface area contributed by atoms with Crippen LogP contribution in [0.15, 0.2) is 16.7 Å². The normalized spacial score (nSPS) is 19.8. The van der Waals surface area contributed by atoms with Crippen molar-refractivity contribution in [1.82, 2.24) is 0 Å². The summed E-state index contributed by atoms with van der Waals surface area (Å²) in [5, 5.41) is 5.99. The zero-order valence-electron chi connectivity index (χ0n) is 13.0. The summed E-state index contributed by atoms with van der Waals surface area (Å²) in [6.07, 6.45) is 2.67. The Kier molecular flexibility index (Phi) is 5.84. The lowest BCUT2D eigenvalue weighted by molar-refractivity contribution is 0.561. The van der Waals surface area contributed by atoms with Crippen LogP contribution in [0, 0.1) is 5.92 Å². The Bertz CT molecular complexity index is 404. The molecule has 0 aromatic carbocycles. The van der Waals surface area contributed by atoms with Gasteiger partial charge >= 0.3 is 0 Å². The average molecular weight is 291 g/mol. The van der Waals surface area contributed by atoms with Gasteiger partial charge in [0.1, 0.15) is 0 Å². The number of rotatable bonds is 5. The zero-order chi connectivity index (χ0) is 14.8. The van der Waals surface area contributed by atoms with Crippen LogP contribution in [0.25, 0.3) is 0 Å². The molecule has 0 fully saturated rings. The van der Waals surface area contributed by atoms with Crippen molar-refractivity contribution in [3.05, 3.63) is 12.7 Å². The van der Waals surface area contributed by atoms with Crippen LogP contribution < -0.4 is 5.14 Å². The lowest BCUT2D eigenvalue weighted by atomic mass is 10.1. The predicted octanol–water partition coefficient (Wildman–Crippen LogP) is 3.93. The second kappa shape index (κ2) is 5.88. The van der Waals surface area contributed by atoms with Gasteiger partial charge in [0.2, 0.25) is 0 Å². The molecule has 0 aliphatic carbocycles. The molecule has 0 rings (SSSR count). The Morgan fingerprint density at radius 3 is 2.17 bits per heavy atom. The molecule has 0 aromatic heterocycles. The summed E-state index contributed by atoms with van der Waals surface area (Å²) in [6, 6.07) is 0. The van der Waals surface area contributed by atoms with Crippen LogP contribution in [-0.2, 0) is 9.92 Å². The van der Waals surface area contributed by atoms with Gasteiger partial charge in [-0.05, 0) is 37.4 Å². The molecule has 0 aliphatic rings. The first-order valence-electron chi connectivity index (χ1n) is 6.51. The van der Waals surface area contributed by atoms with Crippen molar-refractivity contribution in [2.24, 2.45) is 15.1 Å². The van der Waals surface area contributed by atoms with E-state index in [1.165, 1.54) is 0 Å². The highest BCUT2D eigenvalue weighted by Crippen LogP contribution is 2.37. The van der Waals surface area contributed by atoms with Crippen LogP contribution in [0.4, 0.5) is 0 Å². The first kappa shape index (κ1) is 17.9. The second-order valence-corrected chi connectivity index (χ2v) is 14.0. The summed E-state index contributed by atoms with van der Waals surface area (Å²) in [7, 11) is -4.61. The van der Waals surface area contributed by atoms with Gasteiger partial charge in [-0.25, -0.2) is 9.35 Å². The third kappa shape index (κ3) is 4.52. The summed E-state index contributed by atoms with van der Waals surface area (Å²) in [6.45, 7) is 18.4. The van der Waals surface area contributed by atoms with Gasteiger partial charge in [0.25, 0.3) is 0 Å². The van der Waals surface area contributed by atoms with Crippen molar-refractivity contribution in [3.8, 4) is 0 Å². The minimum atomic E-state index is -2.63. The van der Waals surface area contributed by atoms with Crippen LogP contribution in [-0.4, -0.2) is 17.7 Å². The van der Waals surface area contributed by atoms with Gasteiger partial charge in [-0.1, -0.05) is 33.8 Å². The van der Waals surface area contributed by atoms with E-state index in [1.807, 2.05) is 13.0 Å². The molecule has 1 unspecified atom stereocenters. The molecule has 0 aliphatic heterocycles. The first-order valence-corrected chi connectivity index (χ1v) is 11.1. The maximum Gasteiger partial charge on any atom is 0.194 e. The predicted molar refractivity (Wildman–Crippen MR) is 85.4 cm³/mol. The molecule has 3 nitrogen and oxygen atoms in total. The molecule has 3 atom stereocenters. The largest absolute Gasteiger partial charge is 0.265 e. The number of nitrogens with two attached hydrogens (primary N) is 1. The lowest BCUT2D eigenvalue weighted by Gasteiger charge is -2.34. The second-order valence-electron chi connectivity index (χ2n) is 6.72. The standard InChI is InChI=1S/C13H30N2OSSi/c1-9-10-11(2)12(3)17(14,16)15-18(7,8)13(4,5)6/h9,11-12H,1,10H2,2-8H3,(H2,14,15,16)/t11-,12+,17?/m0/s1. The van der Waals surface area contributed by atoms with Gasteiger partial charge in [-0.15, -0.1) is 6.58 Å². The van der Waals surface area contributed by atoms with Crippen molar-refractivity contribution in [2.75, 3.05) is 0 Å². The van der Waals surface area contributed by atoms with E-state index in [0.29, 0.717) is 0 Å². The number of hydrogen-bond acceptors (Lipinski definition) is 2. The minimum absolute atomic E-state index is 0.0659. The number of hydrogen-bond donors (Lipinski definition) is 1. The average Bonchev–Trinajstić information content (AvgIpc) is 2.13. The molecular formula is C13H30N2OSSi. The van der Waals surface area contributed by atoms with Crippen molar-refractivity contribution in [3.63, 3.8) is 0 Å². The van der Waals surface area contributed by atoms with Crippen LogP contribution >= 0.6 is 0 Å². The molecule has 5 heteroatoms. The van der Waals surface area contributed by atoms with Gasteiger partial charge in [0.05, 0.1) is 15.2 Å². The van der Waals surface area contributed by atoms with Crippen LogP contribution in [0.5, 0.6) is 0 Å². The van der Waals surface area contributed by atoms with E-state index in [1.54, 1.807) is 0 Å². The molecule has 108 valence electrons. The maximum atomic E-state index is 12.7. The molecule has 2 N–H and O–H groups in total. The molecule has 0 saturated heterocycles. The fraction of sp³-hybridized carbons (Fsp3) is 0.846. The molecule has 0 radical (unpaired) electrons. The smallest absolute Gasteiger partial charge is 0.194 e. The quantitative estimate of drug-likeness (QED) is 0.605. The van der Waals surface area contributed by atoms with E-state index in [-0.39, 0.29) is 16.2 Å². The van der Waals surface area contributed by atoms with Crippen LogP contribution in [0.3, 0.4) is 0 Å². The lowest BCUT2D eigenvalue weighted by Crippen LogP contribution is -2.41. The highest BCUT2D eigenvalue weighted by Gasteiger charge is 2.38. The third-order valence-electron chi connectivity index (χ3n) is 4.08. The van der Waals surface area contributed by atoms with Gasteiger partial charge in [-0.2, -0.15) is 0 Å². The van der Waals surface area contributed by atoms with Gasteiger partial charge < -0.3 is 0 Å². The Labute approximate surface area is 115 Å². The highest BCUT2D eigenvalue weighted by molar-refractivity contribution is 7.92. The van der Waals surface area contributed by atoms with E-state index in [0.717, 1.165) is 6.42 Å². The van der Waals surface area contributed by atoms with E-state index in [2.05, 4.69) is 51.4 Å². The summed E-state index contributed by atoms with van der Waals surface area (Å²) >= 11 is 0. The monoisotopic (exact) mass is 290 g/mol. The Balaban J connectivity index is 5.38. The molecule has 0 amide bonds. The first-order chi connectivity index (χ1) is 7.85. The highest BCUT2D eigenvalue weighted by atomic mass is 32.2. The summed E-state index contributed by atoms with van der Waals surface area (Å²) in [5.74, 6) is 0.244. The Hall–Kier alpha value is -0.133. The molecule has 0 saturated carbocycles. The minimum Gasteiger partial charge on any atom is -0.265 e. The van der Waals surface area contributed by atoms with Gasteiger partial charge in [-0.3, -0.25) is 4.03 Å². The maximum absolute atomic E-state index is 12.7. The van der Waals surface area contributed by atoms with Crippen LogP contribution in [0.2, 0.25) is 18.1 Å². The van der Waals surface area contributed by atoms with Crippen molar-refractivity contribution in [1.29, 1.82) is 0 Å². The number of nitrogens with zero attached hydrogens (tertiary/aromatic N) is 1. The fourth-order valence-electron chi connectivity index (χ4n) is 1.36. The van der Waals surface area contributed by atoms with E-state index < -0.39 is 18.2 Å². The van der Waals surface area contributed by atoms with Gasteiger partial charge in [0.15, 0.2) is 8.24 Å². The summed E-state index contributed by atoms with van der Waals surface area (Å²) < 4.78 is 17.3. The molecular weight excluding hydrogens is 260 g/mol. The van der Waals surface area contributed by atoms with Crippen molar-refractivity contribution in [2.45, 2.75) is 64.4 Å². The summed E-state index contributed by atoms with van der Waals surface area (Å²) in [5.41, 5.74) is 0. The van der Waals surface area contributed by atoms with E-state index >= 15 is 0 Å². The molecule has 0 aromatic rings. The topological polar surface area (TPSA) is 55.5 Å². The van der Waals surface area contributed by atoms with Crippen molar-refractivity contribution >= 4 is 18.2 Å². The van der Waals surface area contributed by atoms with E-state index in [9.17, 15) is 4.21 Å². The van der Waals surface area contributed by atoms with E-state index in [4.69, 9.17) is 5.14 Å². The third-order valence-corrected chi connectivity index (χ3v) is 12.2. The molecule has 18 heavy (non-hydrogen) atoms. The van der Waals surface area contributed by atoms with Crippen molar-refractivity contribution < 1.29 is 4.21 Å². The summed E-state index contributed by atoms with van der Waals surface area (Å²) in [4.78, 5) is 0.